The summed E-state index contributed by atoms with van der Waals surface area (Å²) in [5.41, 5.74) is 0.818. The number of aromatic nitrogens is 2. The molecule has 0 spiro atoms. The Labute approximate surface area is 211 Å². The minimum absolute atomic E-state index is 0.0888. The molecule has 3 amide bonds. The lowest BCUT2D eigenvalue weighted by molar-refractivity contribution is -0.145. The molecule has 2 saturated heterocycles. The number of hydrogen-bond donors (Lipinski definition) is 2. The zero-order valence-electron chi connectivity index (χ0n) is 20.1. The van der Waals surface area contributed by atoms with Crippen molar-refractivity contribution < 1.29 is 32.7 Å². The van der Waals surface area contributed by atoms with Crippen LogP contribution in [0.5, 0.6) is 0 Å². The third kappa shape index (κ3) is 5.14. The molecule has 2 fully saturated rings. The largest absolute Gasteiger partial charge is 0.481 e. The first-order chi connectivity index (χ1) is 17.6. The molecule has 198 valence electrons. The van der Waals surface area contributed by atoms with Gasteiger partial charge in [-0.25, -0.2) is 4.79 Å². The van der Waals surface area contributed by atoms with E-state index in [0.717, 1.165) is 31.4 Å². The average molecular weight is 520 g/mol. The van der Waals surface area contributed by atoms with E-state index in [0.29, 0.717) is 42.9 Å². The number of benzene rings is 1. The number of fused-ring (bicyclic) bond motifs is 3. The number of amides is 3. The number of carbonyl (C=O) groups excluding carboxylic acids is 2. The highest BCUT2D eigenvalue weighted by atomic mass is 19.4. The minimum Gasteiger partial charge on any atom is -0.481 e. The second-order valence-electron chi connectivity index (χ2n) is 9.98. The predicted octanol–water partition coefficient (Wildman–Crippen LogP) is 3.49. The molecule has 1 aromatic carbocycles. The normalized spacial score (nSPS) is 23.4. The second-order valence-corrected chi connectivity index (χ2v) is 9.98. The fourth-order valence-corrected chi connectivity index (χ4v) is 5.69. The molecule has 2 atom stereocenters. The standard InChI is InChI=1S/C25H28F3N5O4/c26-25(27,28)17-6-4-15(5-7-17)13-29-24(37)31-8-9-32-20(14-31)12-21(30-32)22(34)33-18-2-1-3-19(33)11-16(10-18)23(35)36/h4-7,12,16,18-19H,1-3,8-11,13-14H2,(H,29,37)(H,35,36). The SMILES string of the molecule is O=C(O)C1CC2CCCC(C1)N2C(=O)c1cc2n(n1)CCN(C(=O)NCc1ccc(C(F)(F)F)cc1)C2. The van der Waals surface area contributed by atoms with Crippen LogP contribution < -0.4 is 5.32 Å². The van der Waals surface area contributed by atoms with Gasteiger partial charge in [-0.05, 0) is 55.9 Å². The molecule has 37 heavy (non-hydrogen) atoms. The Morgan fingerprint density at radius 1 is 1.05 bits per heavy atom. The van der Waals surface area contributed by atoms with Gasteiger partial charge in [-0.2, -0.15) is 18.3 Å². The molecular weight excluding hydrogens is 491 g/mol. The maximum atomic E-state index is 13.4. The van der Waals surface area contributed by atoms with Crippen LogP contribution in [-0.2, 0) is 30.6 Å². The van der Waals surface area contributed by atoms with Crippen LogP contribution >= 0.6 is 0 Å². The van der Waals surface area contributed by atoms with Gasteiger partial charge in [0.05, 0.1) is 30.3 Å². The first-order valence-electron chi connectivity index (χ1n) is 12.4. The molecule has 12 heteroatoms. The van der Waals surface area contributed by atoms with Crippen LogP contribution in [0.15, 0.2) is 30.3 Å². The number of halogens is 3. The van der Waals surface area contributed by atoms with Crippen molar-refractivity contribution in [1.29, 1.82) is 0 Å². The van der Waals surface area contributed by atoms with Crippen molar-refractivity contribution in [1.82, 2.24) is 24.9 Å². The summed E-state index contributed by atoms with van der Waals surface area (Å²) >= 11 is 0. The summed E-state index contributed by atoms with van der Waals surface area (Å²) < 4.78 is 39.9. The first-order valence-corrected chi connectivity index (χ1v) is 12.4. The molecule has 1 aromatic heterocycles. The van der Waals surface area contributed by atoms with Crippen LogP contribution in [0.3, 0.4) is 0 Å². The number of hydrogen-bond acceptors (Lipinski definition) is 4. The molecule has 5 rings (SSSR count). The van der Waals surface area contributed by atoms with E-state index in [4.69, 9.17) is 0 Å². The van der Waals surface area contributed by atoms with Crippen LogP contribution in [0, 0.1) is 5.92 Å². The van der Waals surface area contributed by atoms with Gasteiger partial charge < -0.3 is 20.2 Å². The Morgan fingerprint density at radius 2 is 1.73 bits per heavy atom. The van der Waals surface area contributed by atoms with Gasteiger partial charge in [0, 0.05) is 25.2 Å². The van der Waals surface area contributed by atoms with Gasteiger partial charge in [-0.15, -0.1) is 0 Å². The van der Waals surface area contributed by atoms with E-state index < -0.39 is 23.6 Å². The highest BCUT2D eigenvalue weighted by molar-refractivity contribution is 5.93. The van der Waals surface area contributed by atoms with Crippen LogP contribution in [0.2, 0.25) is 0 Å². The molecule has 4 heterocycles. The Bertz CT molecular complexity index is 1180. The zero-order chi connectivity index (χ0) is 26.3. The smallest absolute Gasteiger partial charge is 0.416 e. The number of rotatable bonds is 4. The lowest BCUT2D eigenvalue weighted by Crippen LogP contribution is -2.55. The number of carbonyl (C=O) groups is 3. The van der Waals surface area contributed by atoms with E-state index >= 15 is 0 Å². The van der Waals surface area contributed by atoms with Crippen LogP contribution in [0.4, 0.5) is 18.0 Å². The third-order valence-electron chi connectivity index (χ3n) is 7.59. The van der Waals surface area contributed by atoms with Gasteiger partial charge in [-0.1, -0.05) is 12.1 Å². The lowest BCUT2D eigenvalue weighted by Gasteiger charge is -2.47. The molecule has 2 unspecified atom stereocenters. The van der Waals surface area contributed by atoms with Crippen LogP contribution in [0.25, 0.3) is 0 Å². The molecule has 3 aliphatic rings. The fraction of sp³-hybridized carbons (Fsp3) is 0.520. The molecule has 2 bridgehead atoms. The molecule has 0 aliphatic carbocycles. The van der Waals surface area contributed by atoms with Crippen molar-refractivity contribution in [3.63, 3.8) is 0 Å². The number of carboxylic acid groups (broad SMARTS) is 1. The van der Waals surface area contributed by atoms with E-state index in [1.165, 1.54) is 12.1 Å². The zero-order valence-corrected chi connectivity index (χ0v) is 20.1. The number of aliphatic carboxylic acids is 1. The van der Waals surface area contributed by atoms with Crippen LogP contribution in [0.1, 0.15) is 59.4 Å². The Balaban J connectivity index is 1.20. The number of urea groups is 1. The molecule has 0 saturated carbocycles. The summed E-state index contributed by atoms with van der Waals surface area (Å²) in [7, 11) is 0. The van der Waals surface area contributed by atoms with E-state index in [9.17, 15) is 32.7 Å². The second kappa shape index (κ2) is 9.71. The van der Waals surface area contributed by atoms with E-state index in [2.05, 4.69) is 10.4 Å². The highest BCUT2D eigenvalue weighted by Crippen LogP contribution is 2.38. The monoisotopic (exact) mass is 519 g/mol. The number of piperidine rings is 2. The Kier molecular flexibility index (Phi) is 6.59. The summed E-state index contributed by atoms with van der Waals surface area (Å²) in [6.45, 7) is 1.11. The van der Waals surface area contributed by atoms with Crippen molar-refractivity contribution >= 4 is 17.9 Å². The number of nitrogens with zero attached hydrogens (tertiary/aromatic N) is 4. The van der Waals surface area contributed by atoms with Gasteiger partial charge in [0.2, 0.25) is 0 Å². The summed E-state index contributed by atoms with van der Waals surface area (Å²) in [5.74, 6) is -1.43. The lowest BCUT2D eigenvalue weighted by atomic mass is 9.78. The van der Waals surface area contributed by atoms with Gasteiger partial charge >= 0.3 is 18.2 Å². The summed E-state index contributed by atoms with van der Waals surface area (Å²) in [6, 6.07) is 5.76. The fourth-order valence-electron chi connectivity index (χ4n) is 5.69. The van der Waals surface area contributed by atoms with Gasteiger partial charge in [0.1, 0.15) is 0 Å². The van der Waals surface area contributed by atoms with Gasteiger partial charge in [0.15, 0.2) is 5.69 Å². The van der Waals surface area contributed by atoms with E-state index in [-0.39, 0.29) is 37.1 Å². The van der Waals surface area contributed by atoms with Crippen molar-refractivity contribution in [2.75, 3.05) is 6.54 Å². The topological polar surface area (TPSA) is 108 Å². The van der Waals surface area contributed by atoms with Crippen molar-refractivity contribution in [3.8, 4) is 0 Å². The van der Waals surface area contributed by atoms with Crippen molar-refractivity contribution in [2.24, 2.45) is 5.92 Å². The summed E-state index contributed by atoms with van der Waals surface area (Å²) in [6.07, 6.45) is -0.955. The first kappa shape index (κ1) is 25.1. The van der Waals surface area contributed by atoms with E-state index in [1.54, 1.807) is 15.6 Å². The molecule has 2 N–H and O–H groups in total. The number of nitrogens with one attached hydrogen (secondary N) is 1. The Hall–Kier alpha value is -3.57. The number of carboxylic acids is 1. The van der Waals surface area contributed by atoms with Gasteiger partial charge in [0.25, 0.3) is 5.91 Å². The molecule has 2 aromatic rings. The minimum atomic E-state index is -4.41. The van der Waals surface area contributed by atoms with E-state index in [1.807, 2.05) is 4.90 Å². The highest BCUT2D eigenvalue weighted by Gasteiger charge is 2.44. The Morgan fingerprint density at radius 3 is 2.35 bits per heavy atom. The average Bonchev–Trinajstić information content (AvgIpc) is 3.29. The van der Waals surface area contributed by atoms with Crippen molar-refractivity contribution in [2.45, 2.75) is 70.0 Å². The quantitative estimate of drug-likeness (QED) is 0.643. The number of alkyl halides is 3. The van der Waals surface area contributed by atoms with Crippen molar-refractivity contribution in [3.05, 3.63) is 52.8 Å². The maximum absolute atomic E-state index is 13.4. The molecular formula is C25H28F3N5O4. The third-order valence-corrected chi connectivity index (χ3v) is 7.59. The van der Waals surface area contributed by atoms with Crippen LogP contribution in [-0.4, -0.2) is 61.2 Å². The summed E-state index contributed by atoms with van der Waals surface area (Å²) in [4.78, 5) is 41.0. The molecule has 3 aliphatic heterocycles. The molecule has 0 radical (unpaired) electrons. The predicted molar refractivity (Wildman–Crippen MR) is 124 cm³/mol. The summed E-state index contributed by atoms with van der Waals surface area (Å²) in [5, 5.41) is 16.7. The van der Waals surface area contributed by atoms with Gasteiger partial charge in [-0.3, -0.25) is 14.3 Å². The maximum Gasteiger partial charge on any atom is 0.416 e. The molecule has 9 nitrogen and oxygen atoms in total.